The second kappa shape index (κ2) is 3.84. The van der Waals surface area contributed by atoms with Crippen LogP contribution in [0.3, 0.4) is 0 Å². The molecule has 0 unspecified atom stereocenters. The Kier molecular flexibility index (Phi) is 3.63. The molecule has 1 rings (SSSR count). The van der Waals surface area contributed by atoms with Crippen LogP contribution in [0.4, 0.5) is 4.70 Å². The van der Waals surface area contributed by atoms with Gasteiger partial charge in [-0.2, -0.15) is 8.42 Å². The van der Waals surface area contributed by atoms with Crippen LogP contribution in [-0.4, -0.2) is 13.0 Å². The maximum absolute atomic E-state index is 10.5. The highest BCUT2D eigenvalue weighted by Gasteiger charge is 2.07. The van der Waals surface area contributed by atoms with Gasteiger partial charge in [0, 0.05) is 5.02 Å². The summed E-state index contributed by atoms with van der Waals surface area (Å²) in [6.45, 7) is 0. The van der Waals surface area contributed by atoms with Gasteiger partial charge in [-0.1, -0.05) is 11.6 Å². The van der Waals surface area contributed by atoms with E-state index in [1.165, 1.54) is 24.3 Å². The molecule has 1 aromatic rings. The molecule has 68 valence electrons. The Hall–Kier alpha value is -0.650. The van der Waals surface area contributed by atoms with Crippen LogP contribution in [0.5, 0.6) is 0 Å². The van der Waals surface area contributed by atoms with E-state index in [9.17, 15) is 8.42 Å². The molecule has 6 heteroatoms. The van der Waals surface area contributed by atoms with Crippen molar-refractivity contribution in [3.63, 3.8) is 0 Å². The molecule has 0 bridgehead atoms. The molecule has 0 aliphatic rings. The standard InChI is InChI=1S/C6H5ClO3S.FH/c7-5-1-3-6(4-2-5)11(8,9)10;/h1-4H,(H,8,9,10);1H. The normalized spacial score (nSPS) is 10.5. The Morgan fingerprint density at radius 2 is 1.58 bits per heavy atom. The maximum Gasteiger partial charge on any atom is 0.294 e. The topological polar surface area (TPSA) is 54.4 Å². The number of benzene rings is 1. The summed E-state index contributed by atoms with van der Waals surface area (Å²) in [7, 11) is -4.08. The minimum atomic E-state index is -4.08. The summed E-state index contributed by atoms with van der Waals surface area (Å²) in [4.78, 5) is -0.151. The first kappa shape index (κ1) is 11.4. The second-order valence-corrected chi connectivity index (χ2v) is 3.79. The van der Waals surface area contributed by atoms with Crippen LogP contribution in [0.25, 0.3) is 0 Å². The van der Waals surface area contributed by atoms with Crippen LogP contribution in [0, 0.1) is 0 Å². The lowest BCUT2D eigenvalue weighted by atomic mass is 10.4. The predicted molar refractivity (Wildman–Crippen MR) is 43.8 cm³/mol. The van der Waals surface area contributed by atoms with Crippen molar-refractivity contribution in [2.24, 2.45) is 0 Å². The molecule has 1 N–H and O–H groups in total. The minimum absolute atomic E-state index is 0. The summed E-state index contributed by atoms with van der Waals surface area (Å²) in [5.74, 6) is 0. The first-order valence-electron chi connectivity index (χ1n) is 2.73. The molecule has 0 spiro atoms. The molecule has 0 atom stereocenters. The van der Waals surface area contributed by atoms with E-state index < -0.39 is 10.1 Å². The van der Waals surface area contributed by atoms with Crippen molar-refractivity contribution in [1.29, 1.82) is 0 Å². The van der Waals surface area contributed by atoms with Crippen molar-refractivity contribution in [3.05, 3.63) is 29.3 Å². The fourth-order valence-corrected chi connectivity index (χ4v) is 1.21. The Balaban J connectivity index is 0.00000121. The smallest absolute Gasteiger partial charge is 0.282 e. The van der Waals surface area contributed by atoms with Crippen LogP contribution in [0.1, 0.15) is 0 Å². The summed E-state index contributed by atoms with van der Waals surface area (Å²) in [6, 6.07) is 5.25. The van der Waals surface area contributed by atoms with Gasteiger partial charge in [0.25, 0.3) is 10.1 Å². The zero-order chi connectivity index (χ0) is 8.48. The Bertz CT molecular complexity index is 346. The molecule has 0 heterocycles. The van der Waals surface area contributed by atoms with Crippen LogP contribution in [-0.2, 0) is 10.1 Å². The van der Waals surface area contributed by atoms with E-state index >= 15 is 0 Å². The van der Waals surface area contributed by atoms with Gasteiger partial charge in [-0.25, -0.2) is 0 Å². The van der Waals surface area contributed by atoms with E-state index in [1.54, 1.807) is 0 Å². The zero-order valence-electron chi connectivity index (χ0n) is 5.77. The summed E-state index contributed by atoms with van der Waals surface area (Å²) in [6.07, 6.45) is 0. The molecule has 0 fully saturated rings. The van der Waals surface area contributed by atoms with Gasteiger partial charge in [-0.05, 0) is 24.3 Å². The van der Waals surface area contributed by atoms with Crippen LogP contribution in [0.2, 0.25) is 5.02 Å². The third-order valence-electron chi connectivity index (χ3n) is 1.11. The van der Waals surface area contributed by atoms with Crippen molar-refractivity contribution in [3.8, 4) is 0 Å². The second-order valence-electron chi connectivity index (χ2n) is 1.93. The lowest BCUT2D eigenvalue weighted by Gasteiger charge is -1.94. The van der Waals surface area contributed by atoms with Crippen LogP contribution >= 0.6 is 11.6 Å². The van der Waals surface area contributed by atoms with Gasteiger partial charge in [0.1, 0.15) is 0 Å². The molecule has 0 aliphatic carbocycles. The average Bonchev–Trinajstić information content (AvgIpc) is 1.86. The first-order chi connectivity index (χ1) is 5.00. The largest absolute Gasteiger partial charge is 0.294 e. The molecule has 0 saturated heterocycles. The van der Waals surface area contributed by atoms with Gasteiger partial charge in [0.05, 0.1) is 4.90 Å². The van der Waals surface area contributed by atoms with Gasteiger partial charge < -0.3 is 0 Å². The highest BCUT2D eigenvalue weighted by atomic mass is 35.5. The number of rotatable bonds is 1. The summed E-state index contributed by atoms with van der Waals surface area (Å²) >= 11 is 5.49. The molecule has 0 amide bonds. The molecule has 0 radical (unpaired) electrons. The molecule has 0 saturated carbocycles. The Labute approximate surface area is 74.1 Å². The lowest BCUT2D eigenvalue weighted by Crippen LogP contribution is -1.96. The highest BCUT2D eigenvalue weighted by Crippen LogP contribution is 2.12. The maximum atomic E-state index is 10.5. The van der Waals surface area contributed by atoms with E-state index in [0.717, 1.165) is 0 Å². The zero-order valence-corrected chi connectivity index (χ0v) is 7.34. The van der Waals surface area contributed by atoms with Gasteiger partial charge in [-0.15, -0.1) is 0 Å². The van der Waals surface area contributed by atoms with Crippen molar-refractivity contribution < 1.29 is 17.7 Å². The van der Waals surface area contributed by atoms with Crippen molar-refractivity contribution in [2.45, 2.75) is 4.90 Å². The van der Waals surface area contributed by atoms with E-state index in [1.807, 2.05) is 0 Å². The molecule has 0 aromatic heterocycles. The van der Waals surface area contributed by atoms with Crippen molar-refractivity contribution in [1.82, 2.24) is 0 Å². The monoisotopic (exact) mass is 212 g/mol. The summed E-state index contributed by atoms with van der Waals surface area (Å²) < 4.78 is 29.4. The Morgan fingerprint density at radius 1 is 1.17 bits per heavy atom. The van der Waals surface area contributed by atoms with E-state index in [-0.39, 0.29) is 9.60 Å². The van der Waals surface area contributed by atoms with Crippen LogP contribution < -0.4 is 0 Å². The summed E-state index contributed by atoms with van der Waals surface area (Å²) in [5, 5.41) is 0.428. The molecular formula is C6H6ClFO3S. The molecule has 0 aliphatic heterocycles. The number of halogens is 2. The average molecular weight is 213 g/mol. The number of hydrogen-bond donors (Lipinski definition) is 1. The van der Waals surface area contributed by atoms with Gasteiger partial charge in [0.15, 0.2) is 0 Å². The van der Waals surface area contributed by atoms with E-state index in [2.05, 4.69) is 0 Å². The minimum Gasteiger partial charge on any atom is -0.282 e. The van der Waals surface area contributed by atoms with E-state index in [4.69, 9.17) is 16.2 Å². The van der Waals surface area contributed by atoms with E-state index in [0.29, 0.717) is 5.02 Å². The van der Waals surface area contributed by atoms with Gasteiger partial charge >= 0.3 is 0 Å². The molecule has 3 nitrogen and oxygen atoms in total. The fourth-order valence-electron chi connectivity index (χ4n) is 0.607. The SMILES string of the molecule is F.O=S(=O)(O)c1ccc(Cl)cc1. The predicted octanol–water partition coefficient (Wildman–Crippen LogP) is 1.74. The highest BCUT2D eigenvalue weighted by molar-refractivity contribution is 7.85. The van der Waals surface area contributed by atoms with Crippen molar-refractivity contribution >= 4 is 21.7 Å². The molecule has 12 heavy (non-hydrogen) atoms. The van der Waals surface area contributed by atoms with Gasteiger partial charge in [-0.3, -0.25) is 9.26 Å². The first-order valence-corrected chi connectivity index (χ1v) is 4.55. The molecule has 1 aromatic carbocycles. The molecular weight excluding hydrogens is 207 g/mol. The Morgan fingerprint density at radius 3 is 1.92 bits per heavy atom. The third kappa shape index (κ3) is 2.77. The van der Waals surface area contributed by atoms with Crippen LogP contribution in [0.15, 0.2) is 29.2 Å². The third-order valence-corrected chi connectivity index (χ3v) is 2.23. The fraction of sp³-hybridized carbons (Fsp3) is 0. The number of hydrogen-bond acceptors (Lipinski definition) is 2. The van der Waals surface area contributed by atoms with Crippen molar-refractivity contribution in [2.75, 3.05) is 0 Å². The van der Waals surface area contributed by atoms with Gasteiger partial charge in [0.2, 0.25) is 0 Å². The lowest BCUT2D eigenvalue weighted by molar-refractivity contribution is 0.483. The summed E-state index contributed by atoms with van der Waals surface area (Å²) in [5.41, 5.74) is 0. The quantitative estimate of drug-likeness (QED) is 0.722.